The van der Waals surface area contributed by atoms with Gasteiger partial charge in [-0.2, -0.15) is 0 Å². The molecule has 0 spiro atoms. The van der Waals surface area contributed by atoms with Gasteiger partial charge in [0.25, 0.3) is 0 Å². The van der Waals surface area contributed by atoms with Crippen LogP contribution in [0.5, 0.6) is 0 Å². The molecule has 3 saturated carbocycles. The van der Waals surface area contributed by atoms with E-state index in [0.29, 0.717) is 30.1 Å². The van der Waals surface area contributed by atoms with Crippen molar-refractivity contribution < 1.29 is 38.6 Å². The van der Waals surface area contributed by atoms with Crippen molar-refractivity contribution in [1.82, 2.24) is 0 Å². The van der Waals surface area contributed by atoms with Crippen LogP contribution >= 0.6 is 7.82 Å². The number of hydrogen-bond acceptors (Lipinski definition) is 5. The Kier molecular flexibility index (Phi) is 19.0. The Bertz CT molecular complexity index is 1260. The van der Waals surface area contributed by atoms with Crippen molar-refractivity contribution in [2.45, 2.75) is 226 Å². The van der Waals surface area contributed by atoms with Crippen LogP contribution in [0.25, 0.3) is 0 Å². The first-order chi connectivity index (χ1) is 26.6. The molecule has 326 valence electrons. The van der Waals surface area contributed by atoms with E-state index >= 15 is 0 Å². The number of rotatable bonds is 27. The number of hydrogen-bond donors (Lipinski definition) is 4. The number of aliphatic hydroxyl groups excluding tert-OH is 1. The van der Waals surface area contributed by atoms with Crippen LogP contribution in [0.4, 0.5) is 0 Å². The predicted molar refractivity (Wildman–Crippen MR) is 227 cm³/mol. The summed E-state index contributed by atoms with van der Waals surface area (Å²) >= 11 is 0. The summed E-state index contributed by atoms with van der Waals surface area (Å²) in [5.41, 5.74) is -0.465. The summed E-state index contributed by atoms with van der Waals surface area (Å²) in [7, 11) is -5.22. The van der Waals surface area contributed by atoms with Gasteiger partial charge in [-0.25, -0.2) is 9.36 Å². The van der Waals surface area contributed by atoms with Crippen LogP contribution in [-0.2, 0) is 18.6 Å². The van der Waals surface area contributed by atoms with E-state index in [1.165, 1.54) is 108 Å². The minimum absolute atomic E-state index is 0.0698. The molecule has 0 aromatic rings. The van der Waals surface area contributed by atoms with Crippen molar-refractivity contribution in [2.75, 3.05) is 6.61 Å². The Morgan fingerprint density at radius 3 is 2.00 bits per heavy atom. The largest absolute Gasteiger partial charge is 0.479 e. The number of unbranched alkanes of at least 4 members (excludes halogenated alkanes) is 13. The fourth-order valence-corrected chi connectivity index (χ4v) is 13.4. The van der Waals surface area contributed by atoms with Gasteiger partial charge in [-0.05, 0) is 111 Å². The van der Waals surface area contributed by atoms with E-state index in [0.717, 1.165) is 68.6 Å². The van der Waals surface area contributed by atoms with E-state index in [2.05, 4.69) is 47.6 Å². The molecule has 3 fully saturated rings. The van der Waals surface area contributed by atoms with E-state index in [1.807, 2.05) is 0 Å². The van der Waals surface area contributed by atoms with Crippen LogP contribution < -0.4 is 0 Å². The highest BCUT2D eigenvalue weighted by molar-refractivity contribution is 7.46. The molecule has 4 N–H and O–H groups in total. The maximum absolute atomic E-state index is 12.9. The molecule has 0 radical (unpaired) electrons. The van der Waals surface area contributed by atoms with Gasteiger partial charge in [0, 0.05) is 0 Å². The zero-order chi connectivity index (χ0) is 41.0. The third-order valence-corrected chi connectivity index (χ3v) is 16.4. The third kappa shape index (κ3) is 12.4. The molecule has 56 heavy (non-hydrogen) atoms. The number of aliphatic carboxylic acids is 1. The van der Waals surface area contributed by atoms with Crippen LogP contribution in [0, 0.1) is 46.3 Å². The van der Waals surface area contributed by atoms with Gasteiger partial charge in [0.15, 0.2) is 0 Å². The second-order valence-corrected chi connectivity index (χ2v) is 21.2. The Morgan fingerprint density at radius 1 is 0.839 bits per heavy atom. The molecule has 8 nitrogen and oxygen atoms in total. The summed E-state index contributed by atoms with van der Waals surface area (Å²) < 4.78 is 23.9. The van der Waals surface area contributed by atoms with Crippen molar-refractivity contribution in [2.24, 2.45) is 46.3 Å². The van der Waals surface area contributed by atoms with E-state index in [-0.39, 0.29) is 17.9 Å². The highest BCUT2D eigenvalue weighted by Crippen LogP contribution is 2.67. The minimum atomic E-state index is -5.22. The Hall–Kier alpha value is -0.760. The molecular formula is C47H85O8P. The maximum Gasteiger partial charge on any atom is 0.470 e. The number of ether oxygens (including phenoxy) is 1. The first-order valence-corrected chi connectivity index (χ1v) is 25.1. The van der Waals surface area contributed by atoms with Gasteiger partial charge in [0.1, 0.15) is 6.10 Å². The summed E-state index contributed by atoms with van der Waals surface area (Å²) in [6, 6.07) is 0. The monoisotopic (exact) mass is 809 g/mol. The first-order valence-electron chi connectivity index (χ1n) is 23.6. The molecule has 4 aliphatic carbocycles. The Balaban J connectivity index is 1.32. The lowest BCUT2D eigenvalue weighted by Crippen LogP contribution is -2.56. The first kappa shape index (κ1) is 47.9. The molecule has 4 aliphatic rings. The molecule has 0 aromatic heterocycles. The van der Waals surface area contributed by atoms with Crippen molar-refractivity contribution in [3.8, 4) is 0 Å². The van der Waals surface area contributed by atoms with Crippen molar-refractivity contribution in [1.29, 1.82) is 0 Å². The van der Waals surface area contributed by atoms with Crippen LogP contribution in [-0.4, -0.2) is 50.4 Å². The average Bonchev–Trinajstić information content (AvgIpc) is 3.50. The van der Waals surface area contributed by atoms with E-state index in [1.54, 1.807) is 0 Å². The zero-order valence-corrected chi connectivity index (χ0v) is 37.6. The second kappa shape index (κ2) is 22.2. The van der Waals surface area contributed by atoms with Gasteiger partial charge >= 0.3 is 13.8 Å². The number of aliphatic hydroxyl groups is 1. The Labute approximate surface area is 342 Å². The normalized spacial score (nSPS) is 31.2. The highest BCUT2D eigenvalue weighted by atomic mass is 31.2. The number of allylic oxidation sites excluding steroid dienone is 1. The summed E-state index contributed by atoms with van der Waals surface area (Å²) in [5.74, 6) is 2.95. The number of carboxylic acid groups (broad SMARTS) is 1. The van der Waals surface area contributed by atoms with E-state index < -0.39 is 32.1 Å². The summed E-state index contributed by atoms with van der Waals surface area (Å²) in [5, 5.41) is 21.1. The minimum Gasteiger partial charge on any atom is -0.479 e. The van der Waals surface area contributed by atoms with E-state index in [4.69, 9.17) is 9.26 Å². The molecule has 0 heterocycles. The molecule has 6 unspecified atom stereocenters. The Morgan fingerprint density at radius 2 is 1.45 bits per heavy atom. The fraction of sp³-hybridized carbons (Fsp3) is 0.936. The molecular weight excluding hydrogens is 723 g/mol. The topological polar surface area (TPSA) is 134 Å². The fourth-order valence-electron chi connectivity index (χ4n) is 12.6. The lowest BCUT2D eigenvalue weighted by Gasteiger charge is -2.58. The molecule has 4 rings (SSSR count). The standard InChI is InChI=1S/C47H85O8P/c1-7-8-9-10-11-12-13-14-15-16-17-18-19-20-30-47(44(49)50,55-56(51,52)53)43(34-48)54-38-28-31-45(5)37(33-38)24-25-39-41-27-26-40(36(4)23-21-22-35(2)3)46(41,6)32-29-42(39)45/h24,35-36,38-43,48H,7-23,25-34H2,1-6H3,(H,49,50)(H2,51,52,53)/t36-,38?,39?,40-,41?,42?,43?,45+,46-,47?/m1/s1. The molecule has 0 aliphatic heterocycles. The van der Waals surface area contributed by atoms with Crippen LogP contribution in [0.15, 0.2) is 11.6 Å². The summed E-state index contributed by atoms with van der Waals surface area (Å²) in [4.78, 5) is 32.8. The van der Waals surface area contributed by atoms with Gasteiger partial charge in [-0.15, -0.1) is 0 Å². The SMILES string of the molecule is CCCCCCCCCCCCCCCCC(OP(=O)(O)O)(C(=O)O)C(CO)OC1CC[C@@]2(C)C(=CCC3C2CC[C@@]2(C)C3CC[C@@H]2[C@H](C)CCCC(C)C)C1. The summed E-state index contributed by atoms with van der Waals surface area (Å²) in [6.45, 7) is 13.8. The second-order valence-electron chi connectivity index (χ2n) is 20.1. The average molecular weight is 809 g/mol. The van der Waals surface area contributed by atoms with Gasteiger partial charge in [0.2, 0.25) is 5.60 Å². The summed E-state index contributed by atoms with van der Waals surface area (Å²) in [6.07, 6.45) is 29.2. The van der Waals surface area contributed by atoms with Crippen molar-refractivity contribution in [3.63, 3.8) is 0 Å². The molecule has 0 bridgehead atoms. The number of carboxylic acids is 1. The van der Waals surface area contributed by atoms with Gasteiger partial charge < -0.3 is 24.7 Å². The lowest BCUT2D eigenvalue weighted by atomic mass is 9.47. The number of carbonyl (C=O) groups is 1. The van der Waals surface area contributed by atoms with Gasteiger partial charge in [-0.3, -0.25) is 4.52 Å². The van der Waals surface area contributed by atoms with Crippen molar-refractivity contribution >= 4 is 13.8 Å². The molecule has 9 heteroatoms. The van der Waals surface area contributed by atoms with Crippen molar-refractivity contribution in [3.05, 3.63) is 11.6 Å². The number of phosphoric acid groups is 1. The van der Waals surface area contributed by atoms with Gasteiger partial charge in [0.05, 0.1) is 12.7 Å². The van der Waals surface area contributed by atoms with Crippen LogP contribution in [0.2, 0.25) is 0 Å². The quantitative estimate of drug-likeness (QED) is 0.0366. The smallest absolute Gasteiger partial charge is 0.470 e. The van der Waals surface area contributed by atoms with E-state index in [9.17, 15) is 29.4 Å². The van der Waals surface area contributed by atoms with Crippen LogP contribution in [0.3, 0.4) is 0 Å². The zero-order valence-electron chi connectivity index (χ0n) is 36.7. The molecule has 10 atom stereocenters. The maximum atomic E-state index is 12.9. The molecule has 0 saturated heterocycles. The lowest BCUT2D eigenvalue weighted by molar-refractivity contribution is -0.190. The van der Waals surface area contributed by atoms with Crippen LogP contribution in [0.1, 0.15) is 208 Å². The molecule has 0 amide bonds. The third-order valence-electron chi connectivity index (χ3n) is 15.8. The molecule has 0 aromatic carbocycles. The van der Waals surface area contributed by atoms with Gasteiger partial charge in [-0.1, -0.05) is 156 Å². The number of fused-ring (bicyclic) bond motifs is 5. The highest BCUT2D eigenvalue weighted by Gasteiger charge is 2.60. The predicted octanol–water partition coefficient (Wildman–Crippen LogP) is 12.6. The number of phosphoric ester groups is 1.